The average molecular weight is 229 g/mol. The van der Waals surface area contributed by atoms with Crippen LogP contribution in [-0.2, 0) is 0 Å². The zero-order valence-corrected chi connectivity index (χ0v) is 9.76. The summed E-state index contributed by atoms with van der Waals surface area (Å²) in [6.45, 7) is 1.95. The zero-order valence-electron chi connectivity index (χ0n) is 9.76. The molecule has 0 aliphatic carbocycles. The summed E-state index contributed by atoms with van der Waals surface area (Å²) in [4.78, 5) is 16.1. The topological polar surface area (TPSA) is 50.2 Å². The van der Waals surface area contributed by atoms with Crippen LogP contribution in [0.5, 0.6) is 0 Å². The Labute approximate surface area is 100 Å². The van der Waals surface area contributed by atoms with Gasteiger partial charge in [-0.2, -0.15) is 0 Å². The van der Waals surface area contributed by atoms with E-state index >= 15 is 0 Å². The summed E-state index contributed by atoms with van der Waals surface area (Å²) < 4.78 is 0. The molecule has 0 saturated carbocycles. The van der Waals surface area contributed by atoms with Gasteiger partial charge in [0, 0.05) is 23.3 Å². The van der Waals surface area contributed by atoms with Crippen molar-refractivity contribution in [3.05, 3.63) is 42.2 Å². The van der Waals surface area contributed by atoms with Gasteiger partial charge in [0.05, 0.1) is 0 Å². The van der Waals surface area contributed by atoms with E-state index in [4.69, 9.17) is 0 Å². The minimum atomic E-state index is -0.911. The van der Waals surface area contributed by atoms with Crippen molar-refractivity contribution in [1.29, 1.82) is 0 Å². The summed E-state index contributed by atoms with van der Waals surface area (Å²) in [5.74, 6) is -0.217. The fraction of sp³-hybridized carbons (Fsp3) is 0.286. The lowest BCUT2D eigenvalue weighted by Gasteiger charge is -2.10. The van der Waals surface area contributed by atoms with Crippen LogP contribution >= 0.6 is 0 Å². The predicted octanol–water partition coefficient (Wildman–Crippen LogP) is 2.58. The van der Waals surface area contributed by atoms with Gasteiger partial charge >= 0.3 is 0 Å². The second-order valence-electron chi connectivity index (χ2n) is 4.07. The van der Waals surface area contributed by atoms with Crippen LogP contribution in [0.15, 0.2) is 36.7 Å². The van der Waals surface area contributed by atoms with E-state index in [2.05, 4.69) is 4.98 Å². The lowest BCUT2D eigenvalue weighted by molar-refractivity contribution is 0.0731. The molecule has 2 aromatic rings. The molecule has 1 N–H and O–H groups in total. The average Bonchev–Trinajstić information content (AvgIpc) is 2.37. The van der Waals surface area contributed by atoms with Crippen molar-refractivity contribution in [2.24, 2.45) is 0 Å². The molecule has 0 aliphatic heterocycles. The van der Waals surface area contributed by atoms with Gasteiger partial charge in [-0.05, 0) is 17.9 Å². The highest BCUT2D eigenvalue weighted by Gasteiger charge is 2.18. The molecule has 0 amide bonds. The summed E-state index contributed by atoms with van der Waals surface area (Å²) in [6, 6.07) is 7.36. The van der Waals surface area contributed by atoms with Crippen LogP contribution in [0.1, 0.15) is 30.1 Å². The summed E-state index contributed by atoms with van der Waals surface area (Å²) in [6.07, 6.45) is 3.73. The highest BCUT2D eigenvalue weighted by molar-refractivity contribution is 6.09. The number of carbonyl (C=O) groups excluding carboxylic acids is 1. The fourth-order valence-electron chi connectivity index (χ4n) is 1.91. The maximum atomic E-state index is 12.1. The molecule has 1 aromatic carbocycles. The number of ketones is 1. The van der Waals surface area contributed by atoms with Crippen molar-refractivity contribution in [1.82, 2.24) is 4.98 Å². The normalized spacial score (nSPS) is 12.6. The van der Waals surface area contributed by atoms with Crippen LogP contribution in [0.4, 0.5) is 0 Å². The maximum absolute atomic E-state index is 12.1. The number of hydrogen-bond acceptors (Lipinski definition) is 3. The Hall–Kier alpha value is -1.74. The standard InChI is InChI=1S/C14H15NO2/c1-2-4-13(16)14(17)11-6-3-5-10-7-8-15-9-12(10)11/h3,5-9,13,16H,2,4H2,1H3. The van der Waals surface area contributed by atoms with E-state index < -0.39 is 6.10 Å². The fourth-order valence-corrected chi connectivity index (χ4v) is 1.91. The van der Waals surface area contributed by atoms with Crippen molar-refractivity contribution >= 4 is 16.6 Å². The van der Waals surface area contributed by atoms with E-state index in [-0.39, 0.29) is 5.78 Å². The Morgan fingerprint density at radius 1 is 1.41 bits per heavy atom. The van der Waals surface area contributed by atoms with Crippen LogP contribution in [-0.4, -0.2) is 22.0 Å². The summed E-state index contributed by atoms with van der Waals surface area (Å²) in [5, 5.41) is 11.5. The molecule has 88 valence electrons. The van der Waals surface area contributed by atoms with Crippen LogP contribution in [0.2, 0.25) is 0 Å². The first kappa shape index (κ1) is 11.7. The first-order chi connectivity index (χ1) is 8.24. The molecule has 1 atom stereocenters. The Morgan fingerprint density at radius 3 is 3.00 bits per heavy atom. The third-order valence-electron chi connectivity index (χ3n) is 2.81. The number of fused-ring (bicyclic) bond motifs is 1. The molecule has 0 aliphatic rings. The van der Waals surface area contributed by atoms with E-state index in [1.165, 1.54) is 0 Å². The minimum absolute atomic E-state index is 0.217. The molecular weight excluding hydrogens is 214 g/mol. The lowest BCUT2D eigenvalue weighted by Crippen LogP contribution is -2.20. The number of rotatable bonds is 4. The van der Waals surface area contributed by atoms with Gasteiger partial charge in [-0.3, -0.25) is 9.78 Å². The summed E-state index contributed by atoms with van der Waals surface area (Å²) in [5.41, 5.74) is 0.552. The van der Waals surface area contributed by atoms with Crippen LogP contribution < -0.4 is 0 Å². The van der Waals surface area contributed by atoms with Crippen LogP contribution in [0.25, 0.3) is 10.8 Å². The first-order valence-corrected chi connectivity index (χ1v) is 5.79. The van der Waals surface area contributed by atoms with Crippen molar-refractivity contribution in [3.8, 4) is 0 Å². The third kappa shape index (κ3) is 2.34. The second-order valence-corrected chi connectivity index (χ2v) is 4.07. The van der Waals surface area contributed by atoms with Crippen LogP contribution in [0, 0.1) is 0 Å². The molecule has 1 aromatic heterocycles. The largest absolute Gasteiger partial charge is 0.385 e. The number of Topliss-reactive ketones (excluding diaryl/α,β-unsaturated/α-hetero) is 1. The minimum Gasteiger partial charge on any atom is -0.385 e. The molecule has 0 spiro atoms. The highest BCUT2D eigenvalue weighted by atomic mass is 16.3. The number of aromatic nitrogens is 1. The van der Waals surface area contributed by atoms with Gasteiger partial charge in [0.25, 0.3) is 0 Å². The molecule has 17 heavy (non-hydrogen) atoms. The van der Waals surface area contributed by atoms with Gasteiger partial charge in [0.2, 0.25) is 0 Å². The van der Waals surface area contributed by atoms with Crippen molar-refractivity contribution < 1.29 is 9.90 Å². The monoisotopic (exact) mass is 229 g/mol. The van der Waals surface area contributed by atoms with E-state index in [9.17, 15) is 9.90 Å². The Balaban J connectivity index is 2.45. The number of carbonyl (C=O) groups is 1. The number of nitrogens with zero attached hydrogens (tertiary/aromatic N) is 1. The van der Waals surface area contributed by atoms with E-state index in [0.717, 1.165) is 17.2 Å². The predicted molar refractivity (Wildman–Crippen MR) is 67.0 cm³/mol. The van der Waals surface area contributed by atoms with Crippen molar-refractivity contribution in [2.45, 2.75) is 25.9 Å². The quantitative estimate of drug-likeness (QED) is 0.820. The Morgan fingerprint density at radius 2 is 2.24 bits per heavy atom. The second kappa shape index (κ2) is 5.06. The molecule has 3 nitrogen and oxygen atoms in total. The molecule has 0 bridgehead atoms. The Kier molecular flexibility index (Phi) is 3.49. The number of aliphatic hydroxyl groups excluding tert-OH is 1. The molecular formula is C14H15NO2. The third-order valence-corrected chi connectivity index (χ3v) is 2.81. The van der Waals surface area contributed by atoms with E-state index in [1.54, 1.807) is 18.5 Å². The Bertz CT molecular complexity index is 531. The van der Waals surface area contributed by atoms with Gasteiger partial charge in [-0.15, -0.1) is 0 Å². The molecule has 1 heterocycles. The number of benzene rings is 1. The van der Waals surface area contributed by atoms with Gasteiger partial charge in [-0.25, -0.2) is 0 Å². The van der Waals surface area contributed by atoms with E-state index in [0.29, 0.717) is 12.0 Å². The first-order valence-electron chi connectivity index (χ1n) is 5.79. The molecule has 1 unspecified atom stereocenters. The van der Waals surface area contributed by atoms with Crippen molar-refractivity contribution in [2.75, 3.05) is 0 Å². The zero-order chi connectivity index (χ0) is 12.3. The smallest absolute Gasteiger partial charge is 0.191 e. The SMILES string of the molecule is CCCC(O)C(=O)c1cccc2ccncc12. The van der Waals surface area contributed by atoms with Gasteiger partial charge in [0.1, 0.15) is 6.10 Å². The number of pyridine rings is 1. The molecule has 0 fully saturated rings. The van der Waals surface area contributed by atoms with Gasteiger partial charge in [0.15, 0.2) is 5.78 Å². The summed E-state index contributed by atoms with van der Waals surface area (Å²) >= 11 is 0. The highest BCUT2D eigenvalue weighted by Crippen LogP contribution is 2.19. The molecule has 3 heteroatoms. The summed E-state index contributed by atoms with van der Waals surface area (Å²) in [7, 11) is 0. The van der Waals surface area contributed by atoms with Crippen molar-refractivity contribution in [3.63, 3.8) is 0 Å². The number of aliphatic hydroxyl groups is 1. The number of hydrogen-bond donors (Lipinski definition) is 1. The van der Waals surface area contributed by atoms with E-state index in [1.807, 2.05) is 25.1 Å². The van der Waals surface area contributed by atoms with Crippen LogP contribution in [0.3, 0.4) is 0 Å². The van der Waals surface area contributed by atoms with Gasteiger partial charge < -0.3 is 5.11 Å². The van der Waals surface area contributed by atoms with Gasteiger partial charge in [-0.1, -0.05) is 31.5 Å². The molecule has 0 saturated heterocycles. The maximum Gasteiger partial charge on any atom is 0.191 e. The lowest BCUT2D eigenvalue weighted by atomic mass is 9.98. The molecule has 2 rings (SSSR count). The molecule has 0 radical (unpaired) electrons.